The Balaban J connectivity index is 1.78. The molecule has 32 heavy (non-hydrogen) atoms. The number of anilines is 2. The van der Waals surface area contributed by atoms with Gasteiger partial charge >= 0.3 is 12.0 Å². The van der Waals surface area contributed by atoms with Crippen molar-refractivity contribution >= 4 is 23.4 Å². The number of carbonyl (C=O) groups excluding carboxylic acids is 2. The number of aromatic nitrogens is 1. The summed E-state index contributed by atoms with van der Waals surface area (Å²) in [4.78, 5) is 31.1. The highest BCUT2D eigenvalue weighted by Gasteiger charge is 2.32. The number of ether oxygens (including phenoxy) is 1. The first-order valence-corrected chi connectivity index (χ1v) is 10.3. The summed E-state index contributed by atoms with van der Waals surface area (Å²) in [5, 5.41) is 5.88. The van der Waals surface area contributed by atoms with Gasteiger partial charge in [-0.1, -0.05) is 42.5 Å². The lowest BCUT2D eigenvalue weighted by Crippen LogP contribution is -2.47. The van der Waals surface area contributed by atoms with Crippen LogP contribution in [-0.2, 0) is 21.6 Å². The van der Waals surface area contributed by atoms with Crippen LogP contribution in [0.25, 0.3) is 0 Å². The molecule has 0 spiro atoms. The molecule has 7 nitrogen and oxygen atoms in total. The number of hydrogen-bond donors (Lipinski definition) is 2. The van der Waals surface area contributed by atoms with Crippen molar-refractivity contribution in [1.82, 2.24) is 10.3 Å². The zero-order chi connectivity index (χ0) is 23.0. The van der Waals surface area contributed by atoms with Crippen LogP contribution in [0.5, 0.6) is 0 Å². The normalized spacial score (nSPS) is 12.3. The summed E-state index contributed by atoms with van der Waals surface area (Å²) in [5.41, 5.74) is 2.49. The van der Waals surface area contributed by atoms with E-state index in [0.717, 1.165) is 16.8 Å². The highest BCUT2D eigenvalue weighted by atomic mass is 16.5. The number of benzene rings is 2. The van der Waals surface area contributed by atoms with Crippen LogP contribution in [0.1, 0.15) is 24.5 Å². The van der Waals surface area contributed by atoms with E-state index in [-0.39, 0.29) is 6.42 Å². The Bertz CT molecular complexity index is 1040. The molecule has 3 rings (SSSR count). The van der Waals surface area contributed by atoms with E-state index in [4.69, 9.17) is 4.74 Å². The molecule has 3 aromatic rings. The van der Waals surface area contributed by atoms with Gasteiger partial charge in [0.2, 0.25) is 0 Å². The summed E-state index contributed by atoms with van der Waals surface area (Å²) in [6, 6.07) is 20.8. The summed E-state index contributed by atoms with van der Waals surface area (Å²) < 4.78 is 4.84. The van der Waals surface area contributed by atoms with Crippen molar-refractivity contribution in [1.29, 1.82) is 0 Å². The molecule has 1 aromatic heterocycles. The first-order valence-electron chi connectivity index (χ1n) is 10.3. The van der Waals surface area contributed by atoms with Crippen LogP contribution in [-0.4, -0.2) is 31.1 Å². The Kier molecular flexibility index (Phi) is 7.44. The molecule has 0 saturated heterocycles. The molecule has 0 radical (unpaired) electrons. The van der Waals surface area contributed by atoms with Crippen molar-refractivity contribution in [2.75, 3.05) is 24.4 Å². The van der Waals surface area contributed by atoms with Gasteiger partial charge in [0.25, 0.3) is 0 Å². The van der Waals surface area contributed by atoms with Crippen molar-refractivity contribution < 1.29 is 14.3 Å². The third-order valence-electron chi connectivity index (χ3n) is 5.26. The maximum atomic E-state index is 13.0. The molecular weight excluding hydrogens is 404 g/mol. The Hall–Kier alpha value is -3.87. The third kappa shape index (κ3) is 5.85. The van der Waals surface area contributed by atoms with Crippen molar-refractivity contribution in [3.05, 3.63) is 90.3 Å². The number of hydrogen-bond acceptors (Lipinski definition) is 5. The van der Waals surface area contributed by atoms with Gasteiger partial charge in [0.15, 0.2) is 0 Å². The summed E-state index contributed by atoms with van der Waals surface area (Å²) in [5.74, 6) is -0.424. The van der Waals surface area contributed by atoms with Gasteiger partial charge in [-0.15, -0.1) is 0 Å². The fourth-order valence-electron chi connectivity index (χ4n) is 3.56. The fourth-order valence-corrected chi connectivity index (χ4v) is 3.56. The van der Waals surface area contributed by atoms with Gasteiger partial charge < -0.3 is 20.3 Å². The molecule has 0 fully saturated rings. The molecule has 0 aliphatic carbocycles. The monoisotopic (exact) mass is 432 g/mol. The van der Waals surface area contributed by atoms with Crippen molar-refractivity contribution in [3.8, 4) is 0 Å². The lowest BCUT2D eigenvalue weighted by molar-refractivity contribution is -0.142. The van der Waals surface area contributed by atoms with E-state index in [1.54, 1.807) is 31.5 Å². The van der Waals surface area contributed by atoms with Gasteiger partial charge in [-0.25, -0.2) is 4.79 Å². The van der Waals surface area contributed by atoms with Gasteiger partial charge in [0.1, 0.15) is 0 Å². The number of esters is 1. The number of rotatable bonds is 8. The number of urea groups is 1. The van der Waals surface area contributed by atoms with Crippen LogP contribution in [0, 0.1) is 0 Å². The SMILES string of the molecule is COC(=O)C[C@@](C)(NC(=O)Nc1ccccc1N(C)Cc1ccccc1)c1ccncc1. The Morgan fingerprint density at radius 2 is 1.66 bits per heavy atom. The van der Waals surface area contributed by atoms with Crippen molar-refractivity contribution in [3.63, 3.8) is 0 Å². The predicted octanol–water partition coefficient (Wildman–Crippen LogP) is 4.32. The number of para-hydroxylation sites is 2. The quantitative estimate of drug-likeness (QED) is 0.518. The minimum Gasteiger partial charge on any atom is -0.469 e. The first-order chi connectivity index (χ1) is 15.4. The molecular formula is C25H28N4O3. The summed E-state index contributed by atoms with van der Waals surface area (Å²) in [7, 11) is 3.30. The van der Waals surface area contributed by atoms with Crippen LogP contribution in [0.15, 0.2) is 79.1 Å². The molecule has 0 aliphatic rings. The number of nitrogens with zero attached hydrogens (tertiary/aromatic N) is 2. The molecule has 1 heterocycles. The average molecular weight is 433 g/mol. The van der Waals surface area contributed by atoms with Crippen LogP contribution in [0.2, 0.25) is 0 Å². The van der Waals surface area contributed by atoms with E-state index in [2.05, 4.69) is 32.7 Å². The minimum absolute atomic E-state index is 0.0174. The number of pyridine rings is 1. The number of carbonyl (C=O) groups is 2. The number of nitrogens with one attached hydrogen (secondary N) is 2. The zero-order valence-corrected chi connectivity index (χ0v) is 18.5. The number of amides is 2. The highest BCUT2D eigenvalue weighted by molar-refractivity contribution is 5.94. The van der Waals surface area contributed by atoms with Gasteiger partial charge in [-0.2, -0.15) is 0 Å². The van der Waals surface area contributed by atoms with Gasteiger partial charge in [0, 0.05) is 26.0 Å². The lowest BCUT2D eigenvalue weighted by Gasteiger charge is -2.31. The molecule has 2 aromatic carbocycles. The maximum absolute atomic E-state index is 13.0. The number of methoxy groups -OCH3 is 1. The zero-order valence-electron chi connectivity index (χ0n) is 18.5. The van der Waals surface area contributed by atoms with E-state index in [0.29, 0.717) is 12.2 Å². The smallest absolute Gasteiger partial charge is 0.320 e. The second-order valence-corrected chi connectivity index (χ2v) is 7.76. The maximum Gasteiger partial charge on any atom is 0.320 e. The molecule has 2 N–H and O–H groups in total. The predicted molar refractivity (Wildman–Crippen MR) is 125 cm³/mol. The second kappa shape index (κ2) is 10.4. The molecule has 0 aliphatic heterocycles. The largest absolute Gasteiger partial charge is 0.469 e. The van der Waals surface area contributed by atoms with Crippen LogP contribution in [0.3, 0.4) is 0 Å². The highest BCUT2D eigenvalue weighted by Crippen LogP contribution is 2.28. The third-order valence-corrected chi connectivity index (χ3v) is 5.26. The van der Waals surface area contributed by atoms with Crippen LogP contribution in [0.4, 0.5) is 16.2 Å². The van der Waals surface area contributed by atoms with Gasteiger partial charge in [-0.3, -0.25) is 9.78 Å². The van der Waals surface area contributed by atoms with Gasteiger partial charge in [0.05, 0.1) is 30.4 Å². The summed E-state index contributed by atoms with van der Waals surface area (Å²) in [6.07, 6.45) is 3.23. The molecule has 166 valence electrons. The van der Waals surface area contributed by atoms with E-state index in [1.165, 1.54) is 7.11 Å². The molecule has 0 bridgehead atoms. The molecule has 0 unspecified atom stereocenters. The Morgan fingerprint density at radius 1 is 1.00 bits per heavy atom. The van der Waals surface area contributed by atoms with Crippen LogP contribution >= 0.6 is 0 Å². The minimum atomic E-state index is -0.967. The van der Waals surface area contributed by atoms with Crippen LogP contribution < -0.4 is 15.5 Å². The summed E-state index contributed by atoms with van der Waals surface area (Å²) in [6.45, 7) is 2.48. The Labute approximate surface area is 188 Å². The first kappa shape index (κ1) is 22.8. The lowest BCUT2D eigenvalue weighted by atomic mass is 9.89. The molecule has 1 atom stereocenters. The van der Waals surface area contributed by atoms with Crippen molar-refractivity contribution in [2.45, 2.75) is 25.4 Å². The molecule has 2 amide bonds. The fraction of sp³-hybridized carbons (Fsp3) is 0.240. The Morgan fingerprint density at radius 3 is 2.34 bits per heavy atom. The molecule has 7 heteroatoms. The van der Waals surface area contributed by atoms with E-state index >= 15 is 0 Å². The van der Waals surface area contributed by atoms with E-state index in [9.17, 15) is 9.59 Å². The standard InChI is InChI=1S/C25H28N4O3/c1-25(17-23(30)32-3,20-13-15-26-16-14-20)28-24(31)27-21-11-7-8-12-22(21)29(2)18-19-9-5-4-6-10-19/h4-16H,17-18H2,1-3H3,(H2,27,28,31)/t25-/m1/s1. The second-order valence-electron chi connectivity index (χ2n) is 7.76. The van der Waals surface area contributed by atoms with E-state index < -0.39 is 17.5 Å². The summed E-state index contributed by atoms with van der Waals surface area (Å²) >= 11 is 0. The average Bonchev–Trinajstić information content (AvgIpc) is 2.80. The topological polar surface area (TPSA) is 83.6 Å². The molecule has 0 saturated carbocycles. The van der Waals surface area contributed by atoms with Gasteiger partial charge in [-0.05, 0) is 42.3 Å². The van der Waals surface area contributed by atoms with E-state index in [1.807, 2.05) is 49.5 Å². The van der Waals surface area contributed by atoms with Crippen molar-refractivity contribution in [2.24, 2.45) is 0 Å².